The van der Waals surface area contributed by atoms with Gasteiger partial charge in [-0.1, -0.05) is 6.07 Å². The van der Waals surface area contributed by atoms with Gasteiger partial charge >= 0.3 is 5.69 Å². The minimum Gasteiger partial charge on any atom is -0.486 e. The van der Waals surface area contributed by atoms with E-state index < -0.39 is 4.92 Å². The summed E-state index contributed by atoms with van der Waals surface area (Å²) in [6, 6.07) is 4.92. The Morgan fingerprint density at radius 1 is 1.45 bits per heavy atom. The fraction of sp³-hybridized carbons (Fsp3) is 0.571. The highest BCUT2D eigenvalue weighted by Gasteiger charge is 2.33. The van der Waals surface area contributed by atoms with Gasteiger partial charge in [-0.3, -0.25) is 10.1 Å². The maximum absolute atomic E-state index is 11.0. The molecule has 0 amide bonds. The number of aryl methyl sites for hydroxylation is 1. The Morgan fingerprint density at radius 3 is 2.75 bits per heavy atom. The number of hydrogen-bond donors (Lipinski definition) is 1. The van der Waals surface area contributed by atoms with E-state index in [-0.39, 0.29) is 11.1 Å². The van der Waals surface area contributed by atoms with Gasteiger partial charge in [-0.15, -0.1) is 0 Å². The van der Waals surface area contributed by atoms with Crippen LogP contribution in [0.25, 0.3) is 0 Å². The summed E-state index contributed by atoms with van der Waals surface area (Å²) in [7, 11) is 0. The molecule has 6 heteroatoms. The van der Waals surface area contributed by atoms with Crippen LogP contribution in [-0.2, 0) is 4.74 Å². The molecule has 0 radical (unpaired) electrons. The van der Waals surface area contributed by atoms with Crippen molar-refractivity contribution in [1.29, 1.82) is 0 Å². The largest absolute Gasteiger partial charge is 0.486 e. The summed E-state index contributed by atoms with van der Waals surface area (Å²) in [6.07, 6.45) is 1.74. The Kier molecular flexibility index (Phi) is 4.88. The number of thiol groups is 1. The molecule has 2 rings (SSSR count). The molecule has 0 saturated carbocycles. The van der Waals surface area contributed by atoms with Crippen LogP contribution in [0.15, 0.2) is 18.2 Å². The van der Waals surface area contributed by atoms with Crippen LogP contribution < -0.4 is 4.74 Å². The van der Waals surface area contributed by atoms with E-state index in [1.54, 1.807) is 12.1 Å². The number of nitro benzene ring substituents is 1. The van der Waals surface area contributed by atoms with Crippen molar-refractivity contribution in [2.45, 2.75) is 19.8 Å². The molecular formula is C14H19NO4S. The molecule has 1 fully saturated rings. The highest BCUT2D eigenvalue weighted by atomic mass is 32.1. The second-order valence-corrected chi connectivity index (χ2v) is 5.60. The van der Waals surface area contributed by atoms with E-state index in [2.05, 4.69) is 12.6 Å². The minimum absolute atomic E-state index is 0.0111. The van der Waals surface area contributed by atoms with Gasteiger partial charge in [-0.2, -0.15) is 12.6 Å². The Hall–Kier alpha value is -1.27. The summed E-state index contributed by atoms with van der Waals surface area (Å²) < 4.78 is 11.1. The number of nitro groups is 1. The van der Waals surface area contributed by atoms with Gasteiger partial charge in [0.1, 0.15) is 0 Å². The average molecular weight is 297 g/mol. The molecule has 1 aromatic carbocycles. The summed E-state index contributed by atoms with van der Waals surface area (Å²) in [5, 5.41) is 11.0. The average Bonchev–Trinajstić information content (AvgIpc) is 2.46. The summed E-state index contributed by atoms with van der Waals surface area (Å²) >= 11 is 4.41. The van der Waals surface area contributed by atoms with Gasteiger partial charge in [0.2, 0.25) is 0 Å². The smallest absolute Gasteiger partial charge is 0.310 e. The third-order valence-electron chi connectivity index (χ3n) is 3.73. The molecule has 0 atom stereocenters. The lowest BCUT2D eigenvalue weighted by molar-refractivity contribution is -0.386. The normalized spacial score (nSPS) is 17.7. The zero-order valence-electron chi connectivity index (χ0n) is 11.5. The van der Waals surface area contributed by atoms with Gasteiger partial charge in [-0.25, -0.2) is 0 Å². The lowest BCUT2D eigenvalue weighted by Gasteiger charge is -2.35. The van der Waals surface area contributed by atoms with Crippen LogP contribution >= 0.6 is 12.6 Å². The maximum Gasteiger partial charge on any atom is 0.310 e. The van der Waals surface area contributed by atoms with E-state index in [4.69, 9.17) is 9.47 Å². The molecule has 0 unspecified atom stereocenters. The predicted octanol–water partition coefficient (Wildman–Crippen LogP) is 3.01. The highest BCUT2D eigenvalue weighted by molar-refractivity contribution is 7.80. The molecule has 1 heterocycles. The third-order valence-corrected chi connectivity index (χ3v) is 4.41. The van der Waals surface area contributed by atoms with Gasteiger partial charge in [0.25, 0.3) is 0 Å². The van der Waals surface area contributed by atoms with Crippen molar-refractivity contribution >= 4 is 18.3 Å². The van der Waals surface area contributed by atoms with Gasteiger partial charge in [0.05, 0.1) is 11.5 Å². The monoisotopic (exact) mass is 297 g/mol. The molecule has 0 bridgehead atoms. The van der Waals surface area contributed by atoms with Gasteiger partial charge in [0, 0.05) is 24.7 Å². The van der Waals surface area contributed by atoms with E-state index in [1.165, 1.54) is 6.07 Å². The number of benzene rings is 1. The first-order chi connectivity index (χ1) is 9.56. The van der Waals surface area contributed by atoms with Crippen LogP contribution in [0.4, 0.5) is 5.69 Å². The molecule has 0 spiro atoms. The molecule has 5 nitrogen and oxygen atoms in total. The zero-order chi connectivity index (χ0) is 14.6. The molecule has 1 aliphatic rings. The highest BCUT2D eigenvalue weighted by Crippen LogP contribution is 2.35. The minimum atomic E-state index is -0.411. The van der Waals surface area contributed by atoms with Gasteiger partial charge in [0.15, 0.2) is 5.75 Å². The summed E-state index contributed by atoms with van der Waals surface area (Å²) in [5.74, 6) is 1.03. The van der Waals surface area contributed by atoms with E-state index in [1.807, 2.05) is 6.92 Å². The van der Waals surface area contributed by atoms with E-state index in [0.717, 1.165) is 18.4 Å². The van der Waals surface area contributed by atoms with Crippen molar-refractivity contribution in [1.82, 2.24) is 0 Å². The Bertz CT molecular complexity index is 486. The molecule has 0 aliphatic carbocycles. The van der Waals surface area contributed by atoms with Crippen molar-refractivity contribution < 1.29 is 14.4 Å². The first kappa shape index (κ1) is 15.1. The second-order valence-electron chi connectivity index (χ2n) is 5.29. The quantitative estimate of drug-likeness (QED) is 0.515. The van der Waals surface area contributed by atoms with Crippen LogP contribution in [-0.4, -0.2) is 30.5 Å². The van der Waals surface area contributed by atoms with Gasteiger partial charge in [-0.05, 0) is 37.1 Å². The second kappa shape index (κ2) is 6.45. The van der Waals surface area contributed by atoms with E-state index >= 15 is 0 Å². The number of ether oxygens (including phenoxy) is 2. The molecule has 0 N–H and O–H groups in total. The Balaban J connectivity index is 2.13. The van der Waals surface area contributed by atoms with E-state index in [0.29, 0.717) is 31.3 Å². The fourth-order valence-electron chi connectivity index (χ4n) is 2.27. The first-order valence-corrected chi connectivity index (χ1v) is 7.26. The molecule has 20 heavy (non-hydrogen) atoms. The number of nitrogens with zero attached hydrogens (tertiary/aromatic N) is 1. The van der Waals surface area contributed by atoms with Crippen LogP contribution in [0.3, 0.4) is 0 Å². The molecule has 110 valence electrons. The molecule has 1 aliphatic heterocycles. The molecule has 1 saturated heterocycles. The van der Waals surface area contributed by atoms with Crippen LogP contribution in [0, 0.1) is 22.5 Å². The van der Waals surface area contributed by atoms with Crippen LogP contribution in [0.2, 0.25) is 0 Å². The van der Waals surface area contributed by atoms with E-state index in [9.17, 15) is 10.1 Å². The van der Waals surface area contributed by atoms with Crippen LogP contribution in [0.1, 0.15) is 18.4 Å². The number of hydrogen-bond acceptors (Lipinski definition) is 5. The predicted molar refractivity (Wildman–Crippen MR) is 79.7 cm³/mol. The summed E-state index contributed by atoms with van der Waals surface area (Å²) in [5.41, 5.74) is 0.897. The van der Waals surface area contributed by atoms with Gasteiger partial charge < -0.3 is 9.47 Å². The maximum atomic E-state index is 11.0. The number of rotatable bonds is 5. The standard InChI is InChI=1S/C14H19NO4S/c1-11-2-3-12(15(16)17)13(8-11)19-9-14(10-20)4-6-18-7-5-14/h2-3,8,20H,4-7,9-10H2,1H3. The first-order valence-electron chi connectivity index (χ1n) is 6.63. The topological polar surface area (TPSA) is 61.6 Å². The lowest BCUT2D eigenvalue weighted by atomic mass is 9.83. The summed E-state index contributed by atoms with van der Waals surface area (Å²) in [4.78, 5) is 10.6. The molecular weight excluding hydrogens is 278 g/mol. The molecule has 1 aromatic rings. The Morgan fingerprint density at radius 2 is 2.15 bits per heavy atom. The summed E-state index contributed by atoms with van der Waals surface area (Å²) in [6.45, 7) is 3.71. The van der Waals surface area contributed by atoms with Crippen molar-refractivity contribution in [3.8, 4) is 5.75 Å². The SMILES string of the molecule is Cc1ccc([N+](=O)[O-])c(OCC2(CS)CCOCC2)c1. The van der Waals surface area contributed by atoms with Crippen molar-refractivity contribution in [3.05, 3.63) is 33.9 Å². The Labute approximate surface area is 123 Å². The fourth-order valence-corrected chi connectivity index (χ4v) is 2.68. The van der Waals surface area contributed by atoms with Crippen molar-refractivity contribution in [2.75, 3.05) is 25.6 Å². The third kappa shape index (κ3) is 3.43. The van der Waals surface area contributed by atoms with Crippen molar-refractivity contribution in [2.24, 2.45) is 5.41 Å². The lowest BCUT2D eigenvalue weighted by Crippen LogP contribution is -2.37. The van der Waals surface area contributed by atoms with Crippen LogP contribution in [0.5, 0.6) is 5.75 Å². The zero-order valence-corrected chi connectivity index (χ0v) is 12.4. The molecule has 0 aromatic heterocycles. The van der Waals surface area contributed by atoms with Crippen molar-refractivity contribution in [3.63, 3.8) is 0 Å².